The number of carbonyl (C=O) groups excluding carboxylic acids is 1. The van der Waals surface area contributed by atoms with Gasteiger partial charge in [-0.25, -0.2) is 9.18 Å². The van der Waals surface area contributed by atoms with Crippen LogP contribution >= 0.6 is 0 Å². The number of amides is 2. The molecule has 1 atom stereocenters. The zero-order valence-electron chi connectivity index (χ0n) is 15.5. The molecule has 2 amide bonds. The summed E-state index contributed by atoms with van der Waals surface area (Å²) in [4.78, 5) is 14.9. The first-order valence-electron chi connectivity index (χ1n) is 9.81. The summed E-state index contributed by atoms with van der Waals surface area (Å²) in [6.45, 7) is 3.43. The molecule has 0 aliphatic carbocycles. The van der Waals surface area contributed by atoms with Crippen LogP contribution in [-0.4, -0.2) is 37.1 Å². The van der Waals surface area contributed by atoms with Crippen molar-refractivity contribution in [1.29, 1.82) is 0 Å². The van der Waals surface area contributed by atoms with Crippen molar-refractivity contribution in [3.63, 3.8) is 0 Å². The van der Waals surface area contributed by atoms with Crippen molar-refractivity contribution in [3.8, 4) is 0 Å². The van der Waals surface area contributed by atoms with Gasteiger partial charge in [0.2, 0.25) is 0 Å². The van der Waals surface area contributed by atoms with Crippen molar-refractivity contribution < 1.29 is 9.18 Å². The lowest BCUT2D eigenvalue weighted by atomic mass is 9.88. The van der Waals surface area contributed by atoms with Gasteiger partial charge in [-0.2, -0.15) is 0 Å². The van der Waals surface area contributed by atoms with E-state index < -0.39 is 0 Å². The van der Waals surface area contributed by atoms with Gasteiger partial charge in [-0.05, 0) is 67.1 Å². The van der Waals surface area contributed by atoms with Crippen LogP contribution in [0.1, 0.15) is 35.6 Å². The van der Waals surface area contributed by atoms with Crippen molar-refractivity contribution in [2.45, 2.75) is 25.3 Å². The Morgan fingerprint density at radius 1 is 1.11 bits per heavy atom. The number of piperidine rings is 1. The predicted octanol–water partition coefficient (Wildman–Crippen LogP) is 3.48. The first-order valence-corrected chi connectivity index (χ1v) is 9.81. The molecule has 5 heteroatoms. The third-order valence-corrected chi connectivity index (χ3v) is 5.73. The molecule has 2 aromatic carbocycles. The van der Waals surface area contributed by atoms with Gasteiger partial charge in [-0.3, -0.25) is 0 Å². The van der Waals surface area contributed by atoms with Gasteiger partial charge in [-0.15, -0.1) is 0 Å². The SMILES string of the molecule is O=C(NCC1CCNCC1)N1CCc2ccccc2[C@@H]1c1ccc(F)cc1. The lowest BCUT2D eigenvalue weighted by Crippen LogP contribution is -2.47. The Kier molecular flexibility index (Phi) is 5.39. The van der Waals surface area contributed by atoms with Gasteiger partial charge in [0.15, 0.2) is 0 Å². The van der Waals surface area contributed by atoms with Gasteiger partial charge in [0.05, 0.1) is 6.04 Å². The highest BCUT2D eigenvalue weighted by atomic mass is 19.1. The molecule has 0 aromatic heterocycles. The second kappa shape index (κ2) is 8.09. The molecule has 4 nitrogen and oxygen atoms in total. The van der Waals surface area contributed by atoms with E-state index in [2.05, 4.69) is 22.8 Å². The predicted molar refractivity (Wildman–Crippen MR) is 104 cm³/mol. The summed E-state index contributed by atoms with van der Waals surface area (Å²) in [6.07, 6.45) is 3.05. The van der Waals surface area contributed by atoms with E-state index in [-0.39, 0.29) is 17.9 Å². The van der Waals surface area contributed by atoms with E-state index in [4.69, 9.17) is 0 Å². The van der Waals surface area contributed by atoms with Crippen molar-refractivity contribution in [3.05, 3.63) is 71.0 Å². The molecule has 0 radical (unpaired) electrons. The molecule has 0 saturated carbocycles. The number of benzene rings is 2. The minimum Gasteiger partial charge on any atom is -0.338 e. The summed E-state index contributed by atoms with van der Waals surface area (Å²) in [7, 11) is 0. The van der Waals surface area contributed by atoms with Gasteiger partial charge in [-0.1, -0.05) is 36.4 Å². The van der Waals surface area contributed by atoms with Gasteiger partial charge < -0.3 is 15.5 Å². The highest BCUT2D eigenvalue weighted by Gasteiger charge is 2.32. The maximum atomic E-state index is 13.4. The summed E-state index contributed by atoms with van der Waals surface area (Å²) in [6, 6.07) is 14.5. The summed E-state index contributed by atoms with van der Waals surface area (Å²) >= 11 is 0. The van der Waals surface area contributed by atoms with Crippen LogP contribution in [0.3, 0.4) is 0 Å². The van der Waals surface area contributed by atoms with Gasteiger partial charge in [0.25, 0.3) is 0 Å². The molecule has 0 bridgehead atoms. The molecule has 2 aliphatic heterocycles. The summed E-state index contributed by atoms with van der Waals surface area (Å²) < 4.78 is 13.4. The Morgan fingerprint density at radius 2 is 1.85 bits per heavy atom. The summed E-state index contributed by atoms with van der Waals surface area (Å²) in [5.74, 6) is 0.279. The number of rotatable bonds is 3. The summed E-state index contributed by atoms with van der Waals surface area (Å²) in [5, 5.41) is 6.51. The van der Waals surface area contributed by atoms with Crippen LogP contribution in [0.2, 0.25) is 0 Å². The molecule has 4 rings (SSSR count). The third kappa shape index (κ3) is 3.98. The molecular formula is C22H26FN3O. The van der Waals surface area contributed by atoms with Gasteiger partial charge >= 0.3 is 6.03 Å². The van der Waals surface area contributed by atoms with Crippen LogP contribution in [0.15, 0.2) is 48.5 Å². The van der Waals surface area contributed by atoms with E-state index in [0.29, 0.717) is 12.5 Å². The average molecular weight is 367 g/mol. The van der Waals surface area contributed by atoms with Gasteiger partial charge in [0.1, 0.15) is 5.82 Å². The maximum Gasteiger partial charge on any atom is 0.318 e. The number of hydrogen-bond acceptors (Lipinski definition) is 2. The number of carbonyl (C=O) groups is 1. The van der Waals surface area contributed by atoms with Crippen LogP contribution in [0.5, 0.6) is 0 Å². The fourth-order valence-electron chi connectivity index (χ4n) is 4.21. The van der Waals surface area contributed by atoms with E-state index in [1.165, 1.54) is 17.7 Å². The number of halogens is 1. The van der Waals surface area contributed by atoms with E-state index in [0.717, 1.165) is 50.0 Å². The number of hydrogen-bond donors (Lipinski definition) is 2. The molecule has 2 N–H and O–H groups in total. The van der Waals surface area contributed by atoms with Crippen molar-refractivity contribution >= 4 is 6.03 Å². The lowest BCUT2D eigenvalue weighted by Gasteiger charge is -2.38. The van der Waals surface area contributed by atoms with Crippen molar-refractivity contribution in [2.24, 2.45) is 5.92 Å². The normalized spacial score (nSPS) is 20.2. The Bertz CT molecular complexity index is 786. The largest absolute Gasteiger partial charge is 0.338 e. The van der Waals surface area contributed by atoms with E-state index >= 15 is 0 Å². The minimum atomic E-state index is -0.259. The van der Waals surface area contributed by atoms with Crippen molar-refractivity contribution in [1.82, 2.24) is 15.5 Å². The zero-order chi connectivity index (χ0) is 18.6. The van der Waals surface area contributed by atoms with Gasteiger partial charge in [0, 0.05) is 13.1 Å². The molecule has 2 aliphatic rings. The zero-order valence-corrected chi connectivity index (χ0v) is 15.5. The second-order valence-electron chi connectivity index (χ2n) is 7.48. The fraction of sp³-hybridized carbons (Fsp3) is 0.409. The average Bonchev–Trinajstić information content (AvgIpc) is 2.72. The topological polar surface area (TPSA) is 44.4 Å². The molecule has 1 saturated heterocycles. The van der Waals surface area contributed by atoms with Crippen molar-refractivity contribution in [2.75, 3.05) is 26.2 Å². The molecule has 2 aromatic rings. The molecule has 0 unspecified atom stereocenters. The Morgan fingerprint density at radius 3 is 2.63 bits per heavy atom. The molecular weight excluding hydrogens is 341 g/mol. The number of nitrogens with one attached hydrogen (secondary N) is 2. The maximum absolute atomic E-state index is 13.4. The smallest absolute Gasteiger partial charge is 0.318 e. The molecule has 0 spiro atoms. The molecule has 27 heavy (non-hydrogen) atoms. The third-order valence-electron chi connectivity index (χ3n) is 5.73. The first-order chi connectivity index (χ1) is 13.2. The van der Waals surface area contributed by atoms with E-state index in [9.17, 15) is 9.18 Å². The van der Waals surface area contributed by atoms with Crippen LogP contribution in [0.4, 0.5) is 9.18 Å². The summed E-state index contributed by atoms with van der Waals surface area (Å²) in [5.41, 5.74) is 3.34. The molecule has 1 fully saturated rings. The second-order valence-corrected chi connectivity index (χ2v) is 7.48. The highest BCUT2D eigenvalue weighted by molar-refractivity contribution is 5.76. The Labute approximate surface area is 159 Å². The molecule has 2 heterocycles. The lowest BCUT2D eigenvalue weighted by molar-refractivity contribution is 0.177. The van der Waals surface area contributed by atoms with Crippen LogP contribution in [0.25, 0.3) is 0 Å². The monoisotopic (exact) mass is 367 g/mol. The number of urea groups is 1. The Hall–Kier alpha value is -2.40. The fourth-order valence-corrected chi connectivity index (χ4v) is 4.21. The van der Waals surface area contributed by atoms with E-state index in [1.807, 2.05) is 17.0 Å². The van der Waals surface area contributed by atoms with Crippen LogP contribution < -0.4 is 10.6 Å². The molecule has 142 valence electrons. The standard InChI is InChI=1S/C22H26FN3O/c23-19-7-5-18(6-8-19)21-20-4-2-1-3-17(20)11-14-26(21)22(27)25-15-16-9-12-24-13-10-16/h1-8,16,21,24H,9-15H2,(H,25,27)/t21-/m0/s1. The number of nitrogens with zero attached hydrogens (tertiary/aromatic N) is 1. The Balaban J connectivity index is 1.56. The quantitative estimate of drug-likeness (QED) is 0.872. The van der Waals surface area contributed by atoms with E-state index in [1.54, 1.807) is 12.1 Å². The first kappa shape index (κ1) is 18.0. The van der Waals surface area contributed by atoms with Crippen LogP contribution in [0, 0.1) is 11.7 Å². The minimum absolute atomic E-state index is 0.0302. The van der Waals surface area contributed by atoms with Crippen LogP contribution in [-0.2, 0) is 6.42 Å². The highest BCUT2D eigenvalue weighted by Crippen LogP contribution is 2.35. The number of fused-ring (bicyclic) bond motifs is 1.